The summed E-state index contributed by atoms with van der Waals surface area (Å²) < 4.78 is 0. The smallest absolute Gasteiger partial charge is 0.355 e. The summed E-state index contributed by atoms with van der Waals surface area (Å²) in [5.74, 6) is 5.17. The zero-order valence-electron chi connectivity index (χ0n) is 6.91. The van der Waals surface area contributed by atoms with Crippen LogP contribution in [0.5, 0.6) is 0 Å². The van der Waals surface area contributed by atoms with Crippen molar-refractivity contribution in [1.29, 1.82) is 0 Å². The lowest BCUT2D eigenvalue weighted by Gasteiger charge is -1.97. The molecule has 0 unspecified atom stereocenters. The van der Waals surface area contributed by atoms with E-state index in [1.807, 2.05) is 0 Å². The van der Waals surface area contributed by atoms with Crippen molar-refractivity contribution in [2.45, 2.75) is 26.7 Å². The van der Waals surface area contributed by atoms with Gasteiger partial charge < -0.3 is 4.84 Å². The maximum atomic E-state index is 10.3. The molecule has 0 aromatic carbocycles. The van der Waals surface area contributed by atoms with Crippen molar-refractivity contribution in [1.82, 2.24) is 0 Å². The number of carbonyl (C=O) groups is 1. The molecule has 0 spiro atoms. The molecule has 0 aliphatic carbocycles. The van der Waals surface area contributed by atoms with E-state index in [1.54, 1.807) is 0 Å². The van der Waals surface area contributed by atoms with Crippen LogP contribution in [0.25, 0.3) is 0 Å². The topological polar surface area (TPSA) is 64.7 Å². The van der Waals surface area contributed by atoms with Gasteiger partial charge in [-0.2, -0.15) is 10.9 Å². The van der Waals surface area contributed by atoms with Gasteiger partial charge in [-0.3, -0.25) is 0 Å². The van der Waals surface area contributed by atoms with Crippen LogP contribution in [0.15, 0.2) is 4.99 Å². The molecule has 11 heavy (non-hydrogen) atoms. The maximum absolute atomic E-state index is 10.3. The zero-order chi connectivity index (χ0) is 8.69. The molecule has 0 rings (SSSR count). The Kier molecular flexibility index (Phi) is 5.37. The standard InChI is InChI=1S/C7H14N2O2/c1-6(2)4-3-5-9-7(10)11-8/h5-6H,3-4,8H2,1-2H3. The fourth-order valence-corrected chi connectivity index (χ4v) is 0.577. The molecule has 0 bridgehead atoms. The third kappa shape index (κ3) is 6.99. The van der Waals surface area contributed by atoms with E-state index in [2.05, 4.69) is 29.6 Å². The summed E-state index contributed by atoms with van der Waals surface area (Å²) >= 11 is 0. The van der Waals surface area contributed by atoms with Gasteiger partial charge in [0.1, 0.15) is 0 Å². The number of aliphatic imine (C=N–C) groups is 1. The summed E-state index contributed by atoms with van der Waals surface area (Å²) in [5.41, 5.74) is 0. The minimum atomic E-state index is -0.742. The van der Waals surface area contributed by atoms with E-state index in [1.165, 1.54) is 6.21 Å². The van der Waals surface area contributed by atoms with Gasteiger partial charge in [0.2, 0.25) is 0 Å². The Labute approximate surface area is 66.4 Å². The molecule has 0 saturated carbocycles. The van der Waals surface area contributed by atoms with E-state index in [-0.39, 0.29) is 0 Å². The largest absolute Gasteiger partial charge is 0.451 e. The average Bonchev–Trinajstić information content (AvgIpc) is 1.97. The number of hydrogen-bond acceptors (Lipinski definition) is 3. The lowest BCUT2D eigenvalue weighted by molar-refractivity contribution is 0.159. The van der Waals surface area contributed by atoms with Gasteiger partial charge in [-0.25, -0.2) is 4.79 Å². The van der Waals surface area contributed by atoms with Crippen molar-refractivity contribution in [3.63, 3.8) is 0 Å². The first-order valence-electron chi connectivity index (χ1n) is 3.60. The summed E-state index contributed by atoms with van der Waals surface area (Å²) in [7, 11) is 0. The van der Waals surface area contributed by atoms with E-state index in [4.69, 9.17) is 0 Å². The van der Waals surface area contributed by atoms with Gasteiger partial charge in [-0.05, 0) is 18.8 Å². The predicted octanol–water partition coefficient (Wildman–Crippen LogP) is 1.50. The van der Waals surface area contributed by atoms with Crippen molar-refractivity contribution in [3.8, 4) is 0 Å². The summed E-state index contributed by atoms with van der Waals surface area (Å²) in [6, 6.07) is 0. The fourth-order valence-electron chi connectivity index (χ4n) is 0.577. The molecule has 0 aromatic rings. The predicted molar refractivity (Wildman–Crippen MR) is 43.2 cm³/mol. The van der Waals surface area contributed by atoms with Crippen LogP contribution in [0.1, 0.15) is 26.7 Å². The Morgan fingerprint density at radius 1 is 1.73 bits per heavy atom. The molecule has 4 heteroatoms. The number of nitrogens with zero attached hydrogens (tertiary/aromatic N) is 1. The highest BCUT2D eigenvalue weighted by atomic mass is 16.7. The lowest BCUT2D eigenvalue weighted by atomic mass is 10.1. The van der Waals surface area contributed by atoms with Crippen molar-refractivity contribution >= 4 is 12.3 Å². The highest BCUT2D eigenvalue weighted by molar-refractivity contribution is 5.78. The zero-order valence-corrected chi connectivity index (χ0v) is 6.91. The Morgan fingerprint density at radius 2 is 2.36 bits per heavy atom. The van der Waals surface area contributed by atoms with E-state index in [0.29, 0.717) is 5.92 Å². The molecule has 64 valence electrons. The fraction of sp³-hybridized carbons (Fsp3) is 0.714. The molecule has 0 atom stereocenters. The van der Waals surface area contributed by atoms with Crippen molar-refractivity contribution < 1.29 is 9.63 Å². The van der Waals surface area contributed by atoms with Gasteiger partial charge in [0.05, 0.1) is 0 Å². The van der Waals surface area contributed by atoms with Gasteiger partial charge in [0.25, 0.3) is 0 Å². The second kappa shape index (κ2) is 5.85. The SMILES string of the molecule is CC(C)CCC=NC(=O)ON. The minimum Gasteiger partial charge on any atom is -0.355 e. The first-order chi connectivity index (χ1) is 5.16. The first-order valence-corrected chi connectivity index (χ1v) is 3.60. The first kappa shape index (κ1) is 10.1. The van der Waals surface area contributed by atoms with Gasteiger partial charge in [0.15, 0.2) is 0 Å². The molecule has 0 aliphatic rings. The molecule has 0 fully saturated rings. The number of rotatable bonds is 3. The van der Waals surface area contributed by atoms with Crippen LogP contribution in [0.4, 0.5) is 4.79 Å². The molecule has 0 saturated heterocycles. The molecule has 4 nitrogen and oxygen atoms in total. The molecular weight excluding hydrogens is 144 g/mol. The van der Waals surface area contributed by atoms with E-state index in [0.717, 1.165) is 12.8 Å². The third-order valence-electron chi connectivity index (χ3n) is 1.17. The lowest BCUT2D eigenvalue weighted by Crippen LogP contribution is -2.04. The quantitative estimate of drug-likeness (QED) is 0.500. The molecule has 2 N–H and O–H groups in total. The number of carbonyl (C=O) groups excluding carboxylic acids is 1. The maximum Gasteiger partial charge on any atom is 0.451 e. The van der Waals surface area contributed by atoms with E-state index in [9.17, 15) is 4.79 Å². The average molecular weight is 158 g/mol. The molecule has 0 aliphatic heterocycles. The molecule has 1 amide bonds. The van der Waals surface area contributed by atoms with Crippen LogP contribution < -0.4 is 5.90 Å². The monoisotopic (exact) mass is 158 g/mol. The van der Waals surface area contributed by atoms with Crippen LogP contribution in [-0.4, -0.2) is 12.3 Å². The van der Waals surface area contributed by atoms with Gasteiger partial charge >= 0.3 is 6.09 Å². The Morgan fingerprint density at radius 3 is 2.82 bits per heavy atom. The normalized spacial score (nSPS) is 10.9. The van der Waals surface area contributed by atoms with Crippen LogP contribution >= 0.6 is 0 Å². The molecule has 0 aromatic heterocycles. The number of amides is 1. The second-order valence-corrected chi connectivity index (χ2v) is 2.67. The molecule has 0 heterocycles. The van der Waals surface area contributed by atoms with Crippen LogP contribution in [0.3, 0.4) is 0 Å². The van der Waals surface area contributed by atoms with Crippen LogP contribution in [0.2, 0.25) is 0 Å². The van der Waals surface area contributed by atoms with Crippen molar-refractivity contribution in [2.24, 2.45) is 16.8 Å². The van der Waals surface area contributed by atoms with Gasteiger partial charge in [-0.15, -0.1) is 0 Å². The van der Waals surface area contributed by atoms with E-state index < -0.39 is 6.09 Å². The van der Waals surface area contributed by atoms with E-state index >= 15 is 0 Å². The Balaban J connectivity index is 3.37. The molecular formula is C7H14N2O2. The second-order valence-electron chi connectivity index (χ2n) is 2.67. The highest BCUT2D eigenvalue weighted by Crippen LogP contribution is 2.00. The number of hydrogen-bond donors (Lipinski definition) is 1. The van der Waals surface area contributed by atoms with Gasteiger partial charge in [0, 0.05) is 6.21 Å². The summed E-state index contributed by atoms with van der Waals surface area (Å²) in [6.07, 6.45) is 2.58. The van der Waals surface area contributed by atoms with Crippen molar-refractivity contribution in [2.75, 3.05) is 0 Å². The van der Waals surface area contributed by atoms with Crippen LogP contribution in [-0.2, 0) is 4.84 Å². The van der Waals surface area contributed by atoms with Crippen LogP contribution in [0, 0.1) is 5.92 Å². The summed E-state index contributed by atoms with van der Waals surface area (Å²) in [5, 5.41) is 0. The third-order valence-corrected chi connectivity index (χ3v) is 1.17. The number of nitrogens with two attached hydrogens (primary N) is 1. The highest BCUT2D eigenvalue weighted by Gasteiger charge is 1.93. The Bertz CT molecular complexity index is 143. The van der Waals surface area contributed by atoms with Crippen molar-refractivity contribution in [3.05, 3.63) is 0 Å². The van der Waals surface area contributed by atoms with Gasteiger partial charge in [-0.1, -0.05) is 13.8 Å². The summed E-state index contributed by atoms with van der Waals surface area (Å²) in [4.78, 5) is 17.5. The Hall–Kier alpha value is -0.900. The molecule has 0 radical (unpaired) electrons. The summed E-state index contributed by atoms with van der Waals surface area (Å²) in [6.45, 7) is 4.21. The minimum absolute atomic E-state index is 0.621.